The molecule has 1 unspecified atom stereocenters. The Kier molecular flexibility index (Phi) is 7.61. The maximum absolute atomic E-state index is 11.1. The number of esters is 1. The van der Waals surface area contributed by atoms with Gasteiger partial charge in [-0.3, -0.25) is 0 Å². The zero-order valence-electron chi connectivity index (χ0n) is 9.08. The van der Waals surface area contributed by atoms with Gasteiger partial charge in [-0.2, -0.15) is 11.8 Å². The molecule has 0 saturated carbocycles. The fourth-order valence-corrected chi connectivity index (χ4v) is 1.74. The van der Waals surface area contributed by atoms with Crippen molar-refractivity contribution in [3.05, 3.63) is 11.6 Å². The Morgan fingerprint density at radius 1 is 1.64 bits per heavy atom. The van der Waals surface area contributed by atoms with E-state index in [2.05, 4.69) is 4.74 Å². The molecule has 3 nitrogen and oxygen atoms in total. The third-order valence-corrected chi connectivity index (χ3v) is 2.82. The molecule has 0 rings (SSSR count). The summed E-state index contributed by atoms with van der Waals surface area (Å²) in [5, 5.41) is 0. The fraction of sp³-hybridized carbons (Fsp3) is 0.700. The summed E-state index contributed by atoms with van der Waals surface area (Å²) >= 11 is 1.72. The molecule has 0 aromatic rings. The van der Waals surface area contributed by atoms with E-state index in [1.54, 1.807) is 11.8 Å². The van der Waals surface area contributed by atoms with Crippen LogP contribution >= 0.6 is 11.8 Å². The number of methoxy groups -OCH3 is 1. The van der Waals surface area contributed by atoms with Gasteiger partial charge in [-0.05, 0) is 13.3 Å². The van der Waals surface area contributed by atoms with Gasteiger partial charge in [-0.25, -0.2) is 4.79 Å². The predicted molar refractivity (Wildman–Crippen MR) is 61.4 cm³/mol. The van der Waals surface area contributed by atoms with Gasteiger partial charge in [0.05, 0.1) is 7.11 Å². The van der Waals surface area contributed by atoms with Gasteiger partial charge >= 0.3 is 5.97 Å². The van der Waals surface area contributed by atoms with Gasteiger partial charge in [0.15, 0.2) is 0 Å². The molecule has 0 bridgehead atoms. The quantitative estimate of drug-likeness (QED) is 0.417. The SMILES string of the molecule is CCC(=CCSCC(C)N)C(=O)OC. The first kappa shape index (κ1) is 13.5. The molecule has 4 heteroatoms. The van der Waals surface area contributed by atoms with Gasteiger partial charge in [0.1, 0.15) is 0 Å². The van der Waals surface area contributed by atoms with Gasteiger partial charge < -0.3 is 10.5 Å². The number of rotatable bonds is 6. The number of thioether (sulfide) groups is 1. The van der Waals surface area contributed by atoms with Crippen LogP contribution < -0.4 is 5.73 Å². The highest BCUT2D eigenvalue weighted by Gasteiger charge is 2.05. The normalized spacial score (nSPS) is 13.9. The van der Waals surface area contributed by atoms with Crippen LogP contribution in [0.25, 0.3) is 0 Å². The minimum absolute atomic E-state index is 0.205. The summed E-state index contributed by atoms with van der Waals surface area (Å²) in [5.41, 5.74) is 6.34. The molecule has 0 aromatic heterocycles. The highest BCUT2D eigenvalue weighted by Crippen LogP contribution is 2.08. The molecule has 0 aliphatic heterocycles. The maximum Gasteiger partial charge on any atom is 0.333 e. The Labute approximate surface area is 90.1 Å². The van der Waals surface area contributed by atoms with Crippen molar-refractivity contribution in [2.24, 2.45) is 5.73 Å². The third kappa shape index (κ3) is 6.05. The summed E-state index contributed by atoms with van der Waals surface area (Å²) in [6.07, 6.45) is 2.63. The molecule has 0 aliphatic carbocycles. The average Bonchev–Trinajstić information content (AvgIpc) is 2.16. The number of carbonyl (C=O) groups excluding carboxylic acids is 1. The van der Waals surface area contributed by atoms with Gasteiger partial charge in [0.25, 0.3) is 0 Å². The minimum Gasteiger partial charge on any atom is -0.466 e. The zero-order valence-corrected chi connectivity index (χ0v) is 9.89. The molecule has 0 amide bonds. The first-order valence-electron chi connectivity index (χ1n) is 4.72. The lowest BCUT2D eigenvalue weighted by Crippen LogP contribution is -2.17. The molecule has 0 aromatic carbocycles. The summed E-state index contributed by atoms with van der Waals surface area (Å²) in [7, 11) is 1.40. The second-order valence-electron chi connectivity index (χ2n) is 3.09. The third-order valence-electron chi connectivity index (χ3n) is 1.66. The maximum atomic E-state index is 11.1. The molecule has 2 N–H and O–H groups in total. The van der Waals surface area contributed by atoms with E-state index in [0.29, 0.717) is 6.42 Å². The number of nitrogens with two attached hydrogens (primary N) is 1. The van der Waals surface area contributed by atoms with Crippen LogP contribution in [0.3, 0.4) is 0 Å². The van der Waals surface area contributed by atoms with E-state index in [4.69, 9.17) is 5.73 Å². The smallest absolute Gasteiger partial charge is 0.333 e. The predicted octanol–water partition coefficient (Wildman–Crippen LogP) is 1.58. The summed E-state index contributed by atoms with van der Waals surface area (Å²) in [6.45, 7) is 3.91. The number of hydrogen-bond donors (Lipinski definition) is 1. The molecule has 0 heterocycles. The van der Waals surface area contributed by atoms with Crippen LogP contribution in [-0.2, 0) is 9.53 Å². The van der Waals surface area contributed by atoms with Crippen molar-refractivity contribution in [1.29, 1.82) is 0 Å². The van der Waals surface area contributed by atoms with Crippen molar-refractivity contribution < 1.29 is 9.53 Å². The molecule has 1 atom stereocenters. The molecule has 0 fully saturated rings. The van der Waals surface area contributed by atoms with Crippen LogP contribution in [0.2, 0.25) is 0 Å². The first-order chi connectivity index (χ1) is 6.61. The highest BCUT2D eigenvalue weighted by atomic mass is 32.2. The van der Waals surface area contributed by atoms with Crippen molar-refractivity contribution in [1.82, 2.24) is 0 Å². The zero-order chi connectivity index (χ0) is 11.0. The number of ether oxygens (including phenoxy) is 1. The summed E-state index contributed by atoms with van der Waals surface area (Å²) in [5.74, 6) is 1.50. The van der Waals surface area contributed by atoms with E-state index in [9.17, 15) is 4.79 Å². The second kappa shape index (κ2) is 7.88. The van der Waals surface area contributed by atoms with Crippen LogP contribution in [0, 0.1) is 0 Å². The van der Waals surface area contributed by atoms with Crippen molar-refractivity contribution in [2.45, 2.75) is 26.3 Å². The van der Waals surface area contributed by atoms with Crippen molar-refractivity contribution in [2.75, 3.05) is 18.6 Å². The van der Waals surface area contributed by atoms with Crippen LogP contribution in [0.4, 0.5) is 0 Å². The van der Waals surface area contributed by atoms with Crippen molar-refractivity contribution in [3.8, 4) is 0 Å². The van der Waals surface area contributed by atoms with E-state index >= 15 is 0 Å². The van der Waals surface area contributed by atoms with E-state index in [0.717, 1.165) is 17.1 Å². The minimum atomic E-state index is -0.228. The summed E-state index contributed by atoms with van der Waals surface area (Å²) in [6, 6.07) is 0.205. The lowest BCUT2D eigenvalue weighted by Gasteiger charge is -2.04. The second-order valence-corrected chi connectivity index (χ2v) is 4.16. The van der Waals surface area contributed by atoms with Crippen LogP contribution in [0.5, 0.6) is 0 Å². The van der Waals surface area contributed by atoms with Gasteiger partial charge in [-0.1, -0.05) is 13.0 Å². The molecule has 14 heavy (non-hydrogen) atoms. The number of carbonyl (C=O) groups is 1. The molecular formula is C10H19NO2S. The van der Waals surface area contributed by atoms with E-state index in [1.165, 1.54) is 7.11 Å². The van der Waals surface area contributed by atoms with Gasteiger partial charge in [-0.15, -0.1) is 0 Å². The van der Waals surface area contributed by atoms with E-state index < -0.39 is 0 Å². The highest BCUT2D eigenvalue weighted by molar-refractivity contribution is 7.99. The van der Waals surface area contributed by atoms with Crippen LogP contribution in [0.1, 0.15) is 20.3 Å². The summed E-state index contributed by atoms with van der Waals surface area (Å²) in [4.78, 5) is 11.1. The topological polar surface area (TPSA) is 52.3 Å². The first-order valence-corrected chi connectivity index (χ1v) is 5.88. The van der Waals surface area contributed by atoms with E-state index in [1.807, 2.05) is 19.9 Å². The number of hydrogen-bond acceptors (Lipinski definition) is 4. The summed E-state index contributed by atoms with van der Waals surface area (Å²) < 4.78 is 4.64. The Morgan fingerprint density at radius 2 is 2.29 bits per heavy atom. The van der Waals surface area contributed by atoms with Crippen LogP contribution in [0.15, 0.2) is 11.6 Å². The molecule has 0 aliphatic rings. The van der Waals surface area contributed by atoms with Crippen molar-refractivity contribution >= 4 is 17.7 Å². The molecule has 82 valence electrons. The van der Waals surface area contributed by atoms with E-state index in [-0.39, 0.29) is 12.0 Å². The van der Waals surface area contributed by atoms with Crippen LogP contribution in [-0.4, -0.2) is 30.6 Å². The van der Waals surface area contributed by atoms with Gasteiger partial charge in [0, 0.05) is 23.1 Å². The fourth-order valence-electron chi connectivity index (χ4n) is 0.917. The molecule has 0 radical (unpaired) electrons. The van der Waals surface area contributed by atoms with Crippen molar-refractivity contribution in [3.63, 3.8) is 0 Å². The molecule has 0 saturated heterocycles. The lowest BCUT2D eigenvalue weighted by atomic mass is 10.2. The Balaban J connectivity index is 3.87. The largest absolute Gasteiger partial charge is 0.466 e. The Morgan fingerprint density at radius 3 is 2.71 bits per heavy atom. The Bertz CT molecular complexity index is 202. The average molecular weight is 217 g/mol. The molecular weight excluding hydrogens is 198 g/mol. The molecule has 0 spiro atoms. The standard InChI is InChI=1S/C10H19NO2S/c1-4-9(10(12)13-3)5-6-14-7-8(2)11/h5,8H,4,6-7,11H2,1-3H3. The van der Waals surface area contributed by atoms with Gasteiger partial charge in [0.2, 0.25) is 0 Å². The monoisotopic (exact) mass is 217 g/mol. The lowest BCUT2D eigenvalue weighted by molar-refractivity contribution is -0.136. The Hall–Kier alpha value is -0.480.